The Balaban J connectivity index is 0. The molecular weight excluding hydrogens is 304 g/mol. The van der Waals surface area contributed by atoms with Crippen molar-refractivity contribution in [3.05, 3.63) is 0 Å². The minimum atomic E-state index is 0.444. The van der Waals surface area contributed by atoms with Crippen LogP contribution in [0.2, 0.25) is 0 Å². The molecule has 25 heavy (non-hydrogen) atoms. The van der Waals surface area contributed by atoms with E-state index in [1.165, 1.54) is 90.6 Å². The summed E-state index contributed by atoms with van der Waals surface area (Å²) < 4.78 is 0. The van der Waals surface area contributed by atoms with Gasteiger partial charge >= 0.3 is 0 Å². The van der Waals surface area contributed by atoms with Gasteiger partial charge in [0, 0.05) is 32.7 Å². The molecule has 1 saturated heterocycles. The monoisotopic (exact) mass is 356 g/mol. The van der Waals surface area contributed by atoms with Crippen LogP contribution in [-0.4, -0.2) is 49.1 Å². The van der Waals surface area contributed by atoms with Crippen molar-refractivity contribution < 1.29 is 0 Å². The lowest BCUT2D eigenvalue weighted by Gasteiger charge is -2.37. The highest BCUT2D eigenvalue weighted by molar-refractivity contribution is 4.76. The molecule has 0 radical (unpaired) electrons. The van der Waals surface area contributed by atoms with Crippen LogP contribution in [0.5, 0.6) is 0 Å². The number of nitrogens with zero attached hydrogens (tertiary/aromatic N) is 2. The largest absolute Gasteiger partial charge is 0.301 e. The van der Waals surface area contributed by atoms with Crippen LogP contribution in [0.3, 0.4) is 0 Å². The predicted molar refractivity (Wildman–Crippen MR) is 118 cm³/mol. The van der Waals surface area contributed by atoms with Crippen molar-refractivity contribution in [3.63, 3.8) is 0 Å². The third-order valence-electron chi connectivity index (χ3n) is 4.49. The van der Waals surface area contributed by atoms with Crippen molar-refractivity contribution >= 4 is 0 Å². The summed E-state index contributed by atoms with van der Waals surface area (Å²) in [6, 6.07) is 0. The van der Waals surface area contributed by atoms with Crippen LogP contribution in [0.15, 0.2) is 0 Å². The standard InChI is InChI=1S/C19H40N2.2C2H6/c1-5-6-7-8-9-10-11-12-13-20-14-16-21(17-15-20)18-19(2,3)4;2*1-2/h5-18H2,1-4H3;2*1-2H3. The van der Waals surface area contributed by atoms with Crippen LogP contribution in [-0.2, 0) is 0 Å². The molecule has 1 aliphatic heterocycles. The Bertz CT molecular complexity index is 237. The lowest BCUT2D eigenvalue weighted by molar-refractivity contribution is 0.101. The Kier molecular flexibility index (Phi) is 20.3. The van der Waals surface area contributed by atoms with Gasteiger partial charge in [-0.2, -0.15) is 0 Å². The molecule has 0 unspecified atom stereocenters. The summed E-state index contributed by atoms with van der Waals surface area (Å²) in [7, 11) is 0. The Morgan fingerprint density at radius 1 is 0.600 bits per heavy atom. The van der Waals surface area contributed by atoms with Gasteiger partial charge in [-0.25, -0.2) is 0 Å². The van der Waals surface area contributed by atoms with E-state index in [-0.39, 0.29) is 0 Å². The van der Waals surface area contributed by atoms with Gasteiger partial charge in [-0.15, -0.1) is 0 Å². The maximum atomic E-state index is 2.68. The summed E-state index contributed by atoms with van der Waals surface area (Å²) in [4.78, 5) is 5.32. The van der Waals surface area contributed by atoms with Crippen molar-refractivity contribution in [2.75, 3.05) is 39.3 Å². The van der Waals surface area contributed by atoms with Gasteiger partial charge in [0.2, 0.25) is 0 Å². The lowest BCUT2D eigenvalue weighted by atomic mass is 9.96. The number of unbranched alkanes of at least 4 members (excludes halogenated alkanes) is 7. The molecule has 0 saturated carbocycles. The zero-order valence-corrected chi connectivity index (χ0v) is 19.3. The average Bonchev–Trinajstić information content (AvgIpc) is 2.61. The smallest absolute Gasteiger partial charge is 0.0110 e. The fraction of sp³-hybridized carbons (Fsp3) is 1.00. The van der Waals surface area contributed by atoms with E-state index in [0.29, 0.717) is 5.41 Å². The molecule has 0 aliphatic carbocycles. The fourth-order valence-electron chi connectivity index (χ4n) is 3.31. The topological polar surface area (TPSA) is 6.48 Å². The molecule has 0 bridgehead atoms. The van der Waals surface area contributed by atoms with E-state index in [1.54, 1.807) is 0 Å². The van der Waals surface area contributed by atoms with Crippen LogP contribution in [0.4, 0.5) is 0 Å². The highest BCUT2D eigenvalue weighted by Crippen LogP contribution is 2.16. The molecule has 0 aromatic carbocycles. The van der Waals surface area contributed by atoms with E-state index in [2.05, 4.69) is 37.5 Å². The number of rotatable bonds is 10. The first-order valence-electron chi connectivity index (χ1n) is 11.5. The quantitative estimate of drug-likeness (QED) is 0.395. The number of piperazine rings is 1. The van der Waals surface area contributed by atoms with Gasteiger partial charge in [-0.3, -0.25) is 0 Å². The van der Waals surface area contributed by atoms with Crippen LogP contribution in [0, 0.1) is 5.41 Å². The molecule has 0 amide bonds. The Hall–Kier alpha value is -0.0800. The molecule has 2 nitrogen and oxygen atoms in total. The van der Waals surface area contributed by atoms with Crippen LogP contribution in [0.1, 0.15) is 107 Å². The SMILES string of the molecule is CC.CC.CCCCCCCCCCN1CCN(CC(C)(C)C)CC1. The van der Waals surface area contributed by atoms with E-state index < -0.39 is 0 Å². The Morgan fingerprint density at radius 3 is 1.44 bits per heavy atom. The van der Waals surface area contributed by atoms with Crippen molar-refractivity contribution in [1.82, 2.24) is 9.80 Å². The van der Waals surface area contributed by atoms with E-state index in [9.17, 15) is 0 Å². The van der Waals surface area contributed by atoms with Crippen LogP contribution >= 0.6 is 0 Å². The summed E-state index contributed by atoms with van der Waals surface area (Å²) in [5.74, 6) is 0. The molecule has 0 aromatic heterocycles. The zero-order chi connectivity index (χ0) is 19.6. The van der Waals surface area contributed by atoms with E-state index >= 15 is 0 Å². The first-order chi connectivity index (χ1) is 12.0. The van der Waals surface area contributed by atoms with Gasteiger partial charge in [0.15, 0.2) is 0 Å². The van der Waals surface area contributed by atoms with Gasteiger partial charge in [0.25, 0.3) is 0 Å². The zero-order valence-electron chi connectivity index (χ0n) is 19.3. The highest BCUT2D eigenvalue weighted by Gasteiger charge is 2.20. The maximum Gasteiger partial charge on any atom is 0.0110 e. The second kappa shape index (κ2) is 18.7. The lowest BCUT2D eigenvalue weighted by Crippen LogP contribution is -2.48. The third kappa shape index (κ3) is 18.5. The molecule has 1 rings (SSSR count). The molecule has 2 heteroatoms. The maximum absolute atomic E-state index is 2.68. The second-order valence-corrected chi connectivity index (χ2v) is 8.15. The van der Waals surface area contributed by atoms with E-state index in [1.807, 2.05) is 27.7 Å². The minimum Gasteiger partial charge on any atom is -0.301 e. The normalized spacial score (nSPS) is 15.8. The molecule has 0 N–H and O–H groups in total. The second-order valence-electron chi connectivity index (χ2n) is 8.15. The third-order valence-corrected chi connectivity index (χ3v) is 4.49. The average molecular weight is 357 g/mol. The molecule has 0 aromatic rings. The van der Waals surface area contributed by atoms with Crippen molar-refractivity contribution in [3.8, 4) is 0 Å². The van der Waals surface area contributed by atoms with Gasteiger partial charge < -0.3 is 9.80 Å². The molecule has 0 atom stereocenters. The van der Waals surface area contributed by atoms with Gasteiger partial charge in [-0.05, 0) is 18.4 Å². The van der Waals surface area contributed by atoms with E-state index in [0.717, 1.165) is 0 Å². The van der Waals surface area contributed by atoms with Gasteiger partial charge in [0.1, 0.15) is 0 Å². The van der Waals surface area contributed by atoms with Gasteiger partial charge in [-0.1, -0.05) is 100 Å². The molecule has 0 spiro atoms. The van der Waals surface area contributed by atoms with Crippen molar-refractivity contribution in [1.29, 1.82) is 0 Å². The summed E-state index contributed by atoms with van der Waals surface area (Å²) in [6.45, 7) is 25.0. The fourth-order valence-corrected chi connectivity index (χ4v) is 3.31. The summed E-state index contributed by atoms with van der Waals surface area (Å²) in [6.07, 6.45) is 11.5. The number of hydrogen-bond donors (Lipinski definition) is 0. The van der Waals surface area contributed by atoms with Crippen molar-refractivity contribution in [2.45, 2.75) is 107 Å². The summed E-state index contributed by atoms with van der Waals surface area (Å²) >= 11 is 0. The summed E-state index contributed by atoms with van der Waals surface area (Å²) in [5.41, 5.74) is 0.444. The first kappa shape index (κ1) is 27.1. The first-order valence-corrected chi connectivity index (χ1v) is 11.5. The summed E-state index contributed by atoms with van der Waals surface area (Å²) in [5, 5.41) is 0. The van der Waals surface area contributed by atoms with Crippen LogP contribution < -0.4 is 0 Å². The van der Waals surface area contributed by atoms with Gasteiger partial charge in [0.05, 0.1) is 0 Å². The minimum absolute atomic E-state index is 0.444. The predicted octanol–water partition coefficient (Wildman–Crippen LogP) is 6.84. The highest BCUT2D eigenvalue weighted by atomic mass is 15.3. The molecular formula is C23H52N2. The Morgan fingerprint density at radius 2 is 1.00 bits per heavy atom. The molecule has 1 aliphatic rings. The van der Waals surface area contributed by atoms with E-state index in [4.69, 9.17) is 0 Å². The molecule has 1 heterocycles. The molecule has 154 valence electrons. The van der Waals surface area contributed by atoms with Crippen molar-refractivity contribution in [2.24, 2.45) is 5.41 Å². The molecule has 1 fully saturated rings. The Labute approximate surface area is 161 Å². The van der Waals surface area contributed by atoms with Crippen LogP contribution in [0.25, 0.3) is 0 Å². The number of hydrogen-bond acceptors (Lipinski definition) is 2.